The highest BCUT2D eigenvalue weighted by molar-refractivity contribution is 8.03. The number of nitrogens with zero attached hydrogens (tertiary/aromatic N) is 4. The predicted molar refractivity (Wildman–Crippen MR) is 141 cm³/mol. The fourth-order valence-electron chi connectivity index (χ4n) is 4.40. The van der Waals surface area contributed by atoms with E-state index in [1.54, 1.807) is 41.7 Å². The van der Waals surface area contributed by atoms with Gasteiger partial charge in [-0.2, -0.15) is 5.26 Å². The van der Waals surface area contributed by atoms with Crippen LogP contribution in [-0.2, 0) is 17.6 Å². The molecule has 182 valence electrons. The Bertz CT molecular complexity index is 1540. The molecule has 10 heteroatoms. The first-order chi connectivity index (χ1) is 17.4. The van der Waals surface area contributed by atoms with E-state index in [-0.39, 0.29) is 16.0 Å². The van der Waals surface area contributed by atoms with Gasteiger partial charge >= 0.3 is 5.97 Å². The van der Waals surface area contributed by atoms with Crippen molar-refractivity contribution >= 4 is 46.7 Å². The fourth-order valence-corrected chi connectivity index (χ4v) is 6.64. The second-order valence-corrected chi connectivity index (χ2v) is 11.0. The molecule has 0 spiro atoms. The maximum Gasteiger partial charge on any atom is 0.342 e. The molecule has 0 atom stereocenters. The molecule has 1 N–H and O–H groups in total. The van der Waals surface area contributed by atoms with Gasteiger partial charge in [0.1, 0.15) is 16.0 Å². The van der Waals surface area contributed by atoms with Crippen molar-refractivity contribution in [3.8, 4) is 22.5 Å². The van der Waals surface area contributed by atoms with E-state index in [1.807, 2.05) is 19.9 Å². The normalized spacial score (nSPS) is 13.4. The molecule has 1 aliphatic rings. The SMILES string of the molecule is Cc1cc(/C=C(\Sc2nnc(-c3ccc(Cl)cc3)o2)C(=O)O)c(C)n1-c1sc2c(c1C#N)CCCC2. The molecule has 3 aromatic heterocycles. The van der Waals surface area contributed by atoms with E-state index in [4.69, 9.17) is 16.0 Å². The number of fused-ring (bicyclic) bond motifs is 1. The maximum absolute atomic E-state index is 12.1. The number of carbonyl (C=O) groups is 1. The lowest BCUT2D eigenvalue weighted by molar-refractivity contribution is -0.131. The molecule has 0 bridgehead atoms. The van der Waals surface area contributed by atoms with Crippen molar-refractivity contribution in [1.82, 2.24) is 14.8 Å². The number of thioether (sulfide) groups is 1. The van der Waals surface area contributed by atoms with Crippen LogP contribution in [0, 0.1) is 25.2 Å². The summed E-state index contributed by atoms with van der Waals surface area (Å²) in [7, 11) is 0. The second kappa shape index (κ2) is 9.97. The minimum atomic E-state index is -1.10. The van der Waals surface area contributed by atoms with E-state index in [9.17, 15) is 15.2 Å². The van der Waals surface area contributed by atoms with Crippen LogP contribution in [0.3, 0.4) is 0 Å². The van der Waals surface area contributed by atoms with Crippen molar-refractivity contribution in [2.24, 2.45) is 0 Å². The summed E-state index contributed by atoms with van der Waals surface area (Å²) in [6, 6.07) is 11.3. The van der Waals surface area contributed by atoms with Gasteiger partial charge in [0, 0.05) is 26.9 Å². The standard InChI is InChI=1S/C26H21ClN4O3S2/c1-14-11-17(15(2)31(14)24-20(13-28)19-5-3-4-6-21(19)35-24)12-22(25(32)33)36-26-30-29-23(34-26)16-7-9-18(27)10-8-16/h7-12H,3-6H2,1-2H3,(H,32,33)/b22-12-. The van der Waals surface area contributed by atoms with Gasteiger partial charge in [0.15, 0.2) is 0 Å². The van der Waals surface area contributed by atoms with Crippen LogP contribution in [-0.4, -0.2) is 25.8 Å². The number of carboxylic acid groups (broad SMARTS) is 1. The monoisotopic (exact) mass is 536 g/mol. The Hall–Kier alpha value is -3.32. The molecule has 0 aliphatic heterocycles. The summed E-state index contributed by atoms with van der Waals surface area (Å²) in [6.45, 7) is 3.91. The van der Waals surface area contributed by atoms with Gasteiger partial charge in [-0.15, -0.1) is 21.5 Å². The average Bonchev–Trinajstić information content (AvgIpc) is 3.54. The van der Waals surface area contributed by atoms with Crippen molar-refractivity contribution in [1.29, 1.82) is 5.26 Å². The minimum absolute atomic E-state index is 0.0486. The van der Waals surface area contributed by atoms with E-state index in [2.05, 4.69) is 20.8 Å². The first-order valence-electron chi connectivity index (χ1n) is 11.3. The maximum atomic E-state index is 12.1. The van der Waals surface area contributed by atoms with Crippen molar-refractivity contribution in [2.75, 3.05) is 0 Å². The first kappa shape index (κ1) is 24.4. The first-order valence-corrected chi connectivity index (χ1v) is 13.3. The Kier molecular flexibility index (Phi) is 6.75. The lowest BCUT2D eigenvalue weighted by atomic mass is 9.96. The third-order valence-electron chi connectivity index (χ3n) is 6.13. The number of halogens is 1. The highest BCUT2D eigenvalue weighted by Crippen LogP contribution is 2.39. The number of carboxylic acids is 1. The van der Waals surface area contributed by atoms with Crippen LogP contribution in [0.15, 0.2) is 44.9 Å². The number of benzene rings is 1. The van der Waals surface area contributed by atoms with Crippen molar-refractivity contribution < 1.29 is 14.3 Å². The molecule has 0 amide bonds. The zero-order valence-electron chi connectivity index (χ0n) is 19.5. The van der Waals surface area contributed by atoms with E-state index in [0.29, 0.717) is 10.6 Å². The van der Waals surface area contributed by atoms with E-state index < -0.39 is 5.97 Å². The van der Waals surface area contributed by atoms with Gasteiger partial charge in [-0.3, -0.25) is 0 Å². The number of aliphatic carboxylic acids is 1. The van der Waals surface area contributed by atoms with Gasteiger partial charge in [0.25, 0.3) is 5.22 Å². The van der Waals surface area contributed by atoms with Crippen molar-refractivity contribution in [2.45, 2.75) is 44.8 Å². The van der Waals surface area contributed by atoms with E-state index in [1.165, 1.54) is 10.4 Å². The average molecular weight is 537 g/mol. The molecule has 0 unspecified atom stereocenters. The number of hydrogen-bond acceptors (Lipinski definition) is 7. The van der Waals surface area contributed by atoms with Gasteiger partial charge in [-0.1, -0.05) is 11.6 Å². The molecule has 4 aromatic rings. The van der Waals surface area contributed by atoms with Crippen LogP contribution in [0.25, 0.3) is 22.5 Å². The number of aromatic nitrogens is 3. The lowest BCUT2D eigenvalue weighted by Gasteiger charge is -2.10. The predicted octanol–water partition coefficient (Wildman–Crippen LogP) is 6.83. The van der Waals surface area contributed by atoms with E-state index in [0.717, 1.165) is 65.0 Å². The summed E-state index contributed by atoms with van der Waals surface area (Å²) in [5.41, 5.74) is 5.16. The Morgan fingerprint density at radius 1 is 1.25 bits per heavy atom. The molecule has 0 saturated heterocycles. The van der Waals surface area contributed by atoms with Gasteiger partial charge < -0.3 is 14.1 Å². The van der Waals surface area contributed by atoms with Crippen LogP contribution >= 0.6 is 34.7 Å². The topological polar surface area (TPSA) is 105 Å². The molecule has 5 rings (SSSR count). The van der Waals surface area contributed by atoms with Gasteiger partial charge in [0.05, 0.1) is 5.56 Å². The molecule has 0 fully saturated rings. The largest absolute Gasteiger partial charge is 0.477 e. The molecule has 36 heavy (non-hydrogen) atoms. The zero-order valence-corrected chi connectivity index (χ0v) is 21.9. The summed E-state index contributed by atoms with van der Waals surface area (Å²) >= 11 is 8.50. The van der Waals surface area contributed by atoms with Crippen LogP contribution in [0.2, 0.25) is 5.02 Å². The van der Waals surface area contributed by atoms with E-state index >= 15 is 0 Å². The third-order valence-corrected chi connectivity index (χ3v) is 8.51. The summed E-state index contributed by atoms with van der Waals surface area (Å²) < 4.78 is 7.75. The van der Waals surface area contributed by atoms with Gasteiger partial charge in [-0.05, 0) is 98.8 Å². The van der Waals surface area contributed by atoms with Crippen molar-refractivity contribution in [3.63, 3.8) is 0 Å². The number of nitriles is 1. The van der Waals surface area contributed by atoms with Crippen LogP contribution < -0.4 is 0 Å². The zero-order chi connectivity index (χ0) is 25.4. The number of aryl methyl sites for hydroxylation is 2. The third kappa shape index (κ3) is 4.60. The smallest absolute Gasteiger partial charge is 0.342 e. The van der Waals surface area contributed by atoms with Gasteiger partial charge in [0.2, 0.25) is 5.89 Å². The highest BCUT2D eigenvalue weighted by Gasteiger charge is 2.24. The Labute approximate surface area is 221 Å². The van der Waals surface area contributed by atoms with Crippen LogP contribution in [0.4, 0.5) is 0 Å². The van der Waals surface area contributed by atoms with Gasteiger partial charge in [-0.25, -0.2) is 4.79 Å². The Morgan fingerprint density at radius 2 is 2.00 bits per heavy atom. The molecule has 0 radical (unpaired) electrons. The van der Waals surface area contributed by atoms with Crippen LogP contribution in [0.5, 0.6) is 0 Å². The summed E-state index contributed by atoms with van der Waals surface area (Å²) in [5, 5.41) is 29.5. The Balaban J connectivity index is 1.48. The summed E-state index contributed by atoms with van der Waals surface area (Å²) in [5.74, 6) is -0.817. The molecular formula is C26H21ClN4O3S2. The molecular weight excluding hydrogens is 516 g/mol. The Morgan fingerprint density at radius 3 is 2.72 bits per heavy atom. The summed E-state index contributed by atoms with van der Waals surface area (Å²) in [4.78, 5) is 13.4. The minimum Gasteiger partial charge on any atom is -0.477 e. The molecule has 3 heterocycles. The fraction of sp³-hybridized carbons (Fsp3) is 0.231. The molecule has 1 aliphatic carbocycles. The highest BCUT2D eigenvalue weighted by atomic mass is 35.5. The summed E-state index contributed by atoms with van der Waals surface area (Å²) in [6.07, 6.45) is 5.79. The number of rotatable bonds is 6. The van der Waals surface area contributed by atoms with Crippen LogP contribution in [0.1, 0.15) is 45.8 Å². The number of thiophene rings is 1. The molecule has 0 saturated carbocycles. The van der Waals surface area contributed by atoms with Crippen molar-refractivity contribution in [3.05, 3.63) is 73.2 Å². The number of hydrogen-bond donors (Lipinski definition) is 1. The molecule has 1 aromatic carbocycles. The second-order valence-electron chi connectivity index (χ2n) is 8.46. The quantitative estimate of drug-likeness (QED) is 0.213. The lowest BCUT2D eigenvalue weighted by Crippen LogP contribution is -2.02. The molecule has 7 nitrogen and oxygen atoms in total.